The van der Waals surface area contributed by atoms with Gasteiger partial charge in [-0.25, -0.2) is 4.98 Å². The number of ether oxygens (including phenoxy) is 1. The third-order valence-corrected chi connectivity index (χ3v) is 5.25. The van der Waals surface area contributed by atoms with E-state index in [9.17, 15) is 0 Å². The van der Waals surface area contributed by atoms with E-state index < -0.39 is 0 Å². The highest BCUT2D eigenvalue weighted by Crippen LogP contribution is 2.45. The number of halogens is 1. The summed E-state index contributed by atoms with van der Waals surface area (Å²) in [5.74, 6) is 0.421. The summed E-state index contributed by atoms with van der Waals surface area (Å²) in [6.45, 7) is 5.61. The fraction of sp³-hybridized carbons (Fsp3) is 0.727. The molecule has 2 aliphatic heterocycles. The van der Waals surface area contributed by atoms with Gasteiger partial charge in [-0.1, -0.05) is 0 Å². The third kappa shape index (κ3) is 1.96. The van der Waals surface area contributed by atoms with E-state index in [-0.39, 0.29) is 11.1 Å². The molecule has 3 heterocycles. The highest BCUT2D eigenvalue weighted by atomic mass is 79.9. The first-order chi connectivity index (χ1) is 8.02. The zero-order valence-electron chi connectivity index (χ0n) is 9.83. The van der Waals surface area contributed by atoms with Gasteiger partial charge in [0, 0.05) is 11.3 Å². The van der Waals surface area contributed by atoms with Crippen LogP contribution in [-0.2, 0) is 15.1 Å². The van der Waals surface area contributed by atoms with Gasteiger partial charge < -0.3 is 9.57 Å². The molecule has 0 spiro atoms. The number of nitrogens with zero attached hydrogens (tertiary/aromatic N) is 1. The first kappa shape index (κ1) is 12.0. The molecule has 0 radical (unpaired) electrons. The molecule has 0 amide bonds. The quantitative estimate of drug-likeness (QED) is 0.863. The van der Waals surface area contributed by atoms with Crippen LogP contribution in [0.2, 0.25) is 0 Å². The van der Waals surface area contributed by atoms with Crippen molar-refractivity contribution in [2.24, 2.45) is 5.92 Å². The molecular formula is C11H15BrN2O2S. The van der Waals surface area contributed by atoms with Crippen LogP contribution < -0.4 is 5.48 Å². The van der Waals surface area contributed by atoms with Gasteiger partial charge in [-0.3, -0.25) is 0 Å². The van der Waals surface area contributed by atoms with Crippen molar-refractivity contribution in [3.8, 4) is 0 Å². The number of rotatable bonds is 1. The Bertz CT molecular complexity index is 437. The van der Waals surface area contributed by atoms with E-state index in [2.05, 4.69) is 40.2 Å². The molecule has 0 saturated carbocycles. The molecule has 1 aromatic rings. The molecule has 2 fully saturated rings. The van der Waals surface area contributed by atoms with Gasteiger partial charge in [0.2, 0.25) is 0 Å². The average Bonchev–Trinajstić information content (AvgIpc) is 2.83. The molecule has 2 aliphatic rings. The Kier molecular flexibility index (Phi) is 2.83. The van der Waals surface area contributed by atoms with E-state index in [1.807, 2.05) is 5.38 Å². The van der Waals surface area contributed by atoms with Crippen LogP contribution in [0.5, 0.6) is 0 Å². The number of hydrogen-bond donors (Lipinski definition) is 1. The van der Waals surface area contributed by atoms with Crippen LogP contribution in [0.15, 0.2) is 9.98 Å². The van der Waals surface area contributed by atoms with Crippen molar-refractivity contribution < 1.29 is 9.57 Å². The summed E-state index contributed by atoms with van der Waals surface area (Å²) in [5.41, 5.74) is 2.81. The van der Waals surface area contributed by atoms with E-state index in [0.717, 1.165) is 22.6 Å². The summed E-state index contributed by atoms with van der Waals surface area (Å²) in [7, 11) is 0. The lowest BCUT2D eigenvalue weighted by Gasteiger charge is -2.43. The number of thiazole rings is 1. The minimum Gasteiger partial charge on any atom is -0.373 e. The van der Waals surface area contributed by atoms with Crippen molar-refractivity contribution in [1.29, 1.82) is 0 Å². The Morgan fingerprint density at radius 2 is 2.41 bits per heavy atom. The zero-order valence-corrected chi connectivity index (χ0v) is 12.2. The fourth-order valence-electron chi connectivity index (χ4n) is 2.58. The Balaban J connectivity index is 1.95. The van der Waals surface area contributed by atoms with Crippen LogP contribution in [0.4, 0.5) is 0 Å². The maximum atomic E-state index is 5.96. The largest absolute Gasteiger partial charge is 0.373 e. The molecule has 0 bridgehead atoms. The van der Waals surface area contributed by atoms with Crippen LogP contribution in [0.1, 0.15) is 25.3 Å². The van der Waals surface area contributed by atoms with Crippen molar-refractivity contribution in [2.45, 2.75) is 31.4 Å². The van der Waals surface area contributed by atoms with Gasteiger partial charge in [0.05, 0.1) is 18.8 Å². The molecule has 94 valence electrons. The SMILES string of the molecule is CC1(C)C[C@H]2CON[C@@]2(c2nc(Br)cs2)CO1. The molecule has 17 heavy (non-hydrogen) atoms. The smallest absolute Gasteiger partial charge is 0.123 e. The molecule has 2 atom stereocenters. The first-order valence-electron chi connectivity index (χ1n) is 5.66. The first-order valence-corrected chi connectivity index (χ1v) is 7.34. The second kappa shape index (κ2) is 3.99. The Labute approximate surface area is 113 Å². The number of hydrogen-bond acceptors (Lipinski definition) is 5. The minimum atomic E-state index is -0.258. The zero-order chi connectivity index (χ0) is 12.1. The van der Waals surface area contributed by atoms with Crippen molar-refractivity contribution in [2.75, 3.05) is 13.2 Å². The molecular weight excluding hydrogens is 304 g/mol. The molecule has 0 unspecified atom stereocenters. The van der Waals surface area contributed by atoms with Crippen LogP contribution in [-0.4, -0.2) is 23.8 Å². The van der Waals surface area contributed by atoms with E-state index in [1.165, 1.54) is 0 Å². The molecule has 6 heteroatoms. The lowest BCUT2D eigenvalue weighted by Crippen LogP contribution is -2.53. The molecule has 0 aliphatic carbocycles. The fourth-order valence-corrected chi connectivity index (χ4v) is 4.04. The normalized spacial score (nSPS) is 35.8. The average molecular weight is 319 g/mol. The van der Waals surface area contributed by atoms with Gasteiger partial charge in [0.25, 0.3) is 0 Å². The second-order valence-electron chi connectivity index (χ2n) is 5.31. The minimum absolute atomic E-state index is 0.0714. The standard InChI is InChI=1S/C11H15BrN2O2S/c1-10(2)3-7-4-16-14-11(7,6-15-10)9-13-8(12)5-17-9/h5,7,14H,3-4,6H2,1-2H3/t7-,11-/m0/s1. The van der Waals surface area contributed by atoms with Crippen molar-refractivity contribution in [3.05, 3.63) is 15.0 Å². The summed E-state index contributed by atoms with van der Waals surface area (Å²) in [5, 5.41) is 3.04. The Morgan fingerprint density at radius 3 is 3.12 bits per heavy atom. The van der Waals surface area contributed by atoms with Crippen LogP contribution in [0.3, 0.4) is 0 Å². The lowest BCUT2D eigenvalue weighted by molar-refractivity contribution is -0.116. The summed E-state index contributed by atoms with van der Waals surface area (Å²) in [4.78, 5) is 10.0. The van der Waals surface area contributed by atoms with Gasteiger partial charge in [0.15, 0.2) is 0 Å². The van der Waals surface area contributed by atoms with E-state index in [4.69, 9.17) is 9.57 Å². The Morgan fingerprint density at radius 1 is 1.59 bits per heavy atom. The summed E-state index contributed by atoms with van der Waals surface area (Å²) >= 11 is 5.05. The van der Waals surface area contributed by atoms with Gasteiger partial charge in [-0.2, -0.15) is 5.48 Å². The van der Waals surface area contributed by atoms with Crippen molar-refractivity contribution in [1.82, 2.24) is 10.5 Å². The van der Waals surface area contributed by atoms with Crippen molar-refractivity contribution in [3.63, 3.8) is 0 Å². The number of nitrogens with one attached hydrogen (secondary N) is 1. The number of fused-ring (bicyclic) bond motifs is 1. The topological polar surface area (TPSA) is 43.4 Å². The van der Waals surface area contributed by atoms with Crippen LogP contribution >= 0.6 is 27.3 Å². The lowest BCUT2D eigenvalue weighted by atomic mass is 9.77. The van der Waals surface area contributed by atoms with Gasteiger partial charge in [-0.15, -0.1) is 11.3 Å². The summed E-state index contributed by atoms with van der Waals surface area (Å²) in [6.07, 6.45) is 0.983. The second-order valence-corrected chi connectivity index (χ2v) is 6.98. The van der Waals surface area contributed by atoms with E-state index >= 15 is 0 Å². The highest BCUT2D eigenvalue weighted by molar-refractivity contribution is 9.10. The molecule has 4 nitrogen and oxygen atoms in total. The van der Waals surface area contributed by atoms with Gasteiger partial charge in [0.1, 0.15) is 15.1 Å². The third-order valence-electron chi connectivity index (χ3n) is 3.52. The maximum Gasteiger partial charge on any atom is 0.123 e. The number of hydroxylamine groups is 1. The molecule has 3 rings (SSSR count). The summed E-state index contributed by atoms with van der Waals surface area (Å²) < 4.78 is 6.83. The van der Waals surface area contributed by atoms with Crippen LogP contribution in [0.25, 0.3) is 0 Å². The monoisotopic (exact) mass is 318 g/mol. The highest BCUT2D eigenvalue weighted by Gasteiger charge is 2.53. The van der Waals surface area contributed by atoms with Gasteiger partial charge >= 0.3 is 0 Å². The predicted molar refractivity (Wildman–Crippen MR) is 68.7 cm³/mol. The maximum absolute atomic E-state index is 5.96. The Hall–Kier alpha value is -0.0100. The molecule has 2 saturated heterocycles. The predicted octanol–water partition coefficient (Wildman–Crippen LogP) is 2.45. The van der Waals surface area contributed by atoms with Crippen molar-refractivity contribution >= 4 is 27.3 Å². The van der Waals surface area contributed by atoms with Gasteiger partial charge in [-0.05, 0) is 36.2 Å². The van der Waals surface area contributed by atoms with Crippen LogP contribution in [0, 0.1) is 5.92 Å². The molecule has 1 N–H and O–H groups in total. The number of aromatic nitrogens is 1. The van der Waals surface area contributed by atoms with E-state index in [0.29, 0.717) is 12.5 Å². The molecule has 0 aromatic carbocycles. The molecule has 1 aromatic heterocycles. The summed E-state index contributed by atoms with van der Waals surface area (Å²) in [6, 6.07) is 0. The van der Waals surface area contributed by atoms with E-state index in [1.54, 1.807) is 11.3 Å².